The summed E-state index contributed by atoms with van der Waals surface area (Å²) >= 11 is 0. The molecule has 1 aromatic rings. The Labute approximate surface area is 92.8 Å². The SMILES string of the molecule is CC1(c2ccc3c(c2)OCO3)COC(N)=N1. The Balaban J connectivity index is 2.01. The van der Waals surface area contributed by atoms with E-state index in [-0.39, 0.29) is 12.8 Å². The molecule has 0 bridgehead atoms. The quantitative estimate of drug-likeness (QED) is 0.766. The highest BCUT2D eigenvalue weighted by Gasteiger charge is 2.34. The van der Waals surface area contributed by atoms with E-state index in [0.717, 1.165) is 17.1 Å². The van der Waals surface area contributed by atoms with E-state index < -0.39 is 5.54 Å². The van der Waals surface area contributed by atoms with E-state index in [4.69, 9.17) is 19.9 Å². The standard InChI is InChI=1S/C11H12N2O3/c1-11(5-14-10(12)13-11)7-2-3-8-9(4-7)16-6-15-8/h2-4H,5-6H2,1H3,(H2,12,13). The van der Waals surface area contributed by atoms with Crippen LogP contribution in [0.4, 0.5) is 0 Å². The molecule has 2 heterocycles. The molecule has 2 aliphatic heterocycles. The summed E-state index contributed by atoms with van der Waals surface area (Å²) in [6, 6.07) is 6.00. The minimum absolute atomic E-state index is 0.236. The van der Waals surface area contributed by atoms with Gasteiger partial charge in [-0.25, -0.2) is 4.99 Å². The van der Waals surface area contributed by atoms with Crippen molar-refractivity contribution < 1.29 is 14.2 Å². The molecular formula is C11H12N2O3. The Morgan fingerprint density at radius 1 is 1.25 bits per heavy atom. The van der Waals surface area contributed by atoms with Gasteiger partial charge < -0.3 is 19.9 Å². The van der Waals surface area contributed by atoms with Crippen molar-refractivity contribution in [3.8, 4) is 11.5 Å². The van der Waals surface area contributed by atoms with Gasteiger partial charge in [0.15, 0.2) is 11.5 Å². The molecule has 0 spiro atoms. The second-order valence-corrected chi connectivity index (χ2v) is 4.08. The molecule has 3 rings (SSSR count). The maximum absolute atomic E-state index is 5.53. The molecule has 0 aliphatic carbocycles. The molecule has 0 radical (unpaired) electrons. The van der Waals surface area contributed by atoms with Crippen molar-refractivity contribution in [2.45, 2.75) is 12.5 Å². The number of ether oxygens (including phenoxy) is 3. The van der Waals surface area contributed by atoms with Crippen LogP contribution in [-0.4, -0.2) is 19.4 Å². The lowest BCUT2D eigenvalue weighted by Crippen LogP contribution is -2.20. The predicted octanol–water partition coefficient (Wildman–Crippen LogP) is 0.975. The lowest BCUT2D eigenvalue weighted by molar-refractivity contribution is 0.174. The minimum Gasteiger partial charge on any atom is -0.462 e. The van der Waals surface area contributed by atoms with Crippen LogP contribution in [0.1, 0.15) is 12.5 Å². The number of nitrogens with zero attached hydrogens (tertiary/aromatic N) is 1. The molecule has 1 unspecified atom stereocenters. The Kier molecular flexibility index (Phi) is 1.77. The van der Waals surface area contributed by atoms with E-state index in [1.165, 1.54) is 0 Å². The van der Waals surface area contributed by atoms with Gasteiger partial charge in [0.1, 0.15) is 12.1 Å². The Morgan fingerprint density at radius 2 is 2.06 bits per heavy atom. The third kappa shape index (κ3) is 1.28. The smallest absolute Gasteiger partial charge is 0.283 e. The summed E-state index contributed by atoms with van der Waals surface area (Å²) in [5.41, 5.74) is 6.12. The summed E-state index contributed by atoms with van der Waals surface area (Å²) in [6.45, 7) is 2.71. The molecule has 0 fully saturated rings. The second kappa shape index (κ2) is 3.04. The molecule has 5 heteroatoms. The van der Waals surface area contributed by atoms with Gasteiger partial charge in [-0.3, -0.25) is 0 Å². The van der Waals surface area contributed by atoms with Crippen LogP contribution < -0.4 is 15.2 Å². The largest absolute Gasteiger partial charge is 0.462 e. The van der Waals surface area contributed by atoms with Crippen molar-refractivity contribution in [3.63, 3.8) is 0 Å². The number of aliphatic imine (C=N–C) groups is 1. The van der Waals surface area contributed by atoms with Crippen LogP contribution >= 0.6 is 0 Å². The maximum Gasteiger partial charge on any atom is 0.283 e. The second-order valence-electron chi connectivity index (χ2n) is 4.08. The fraction of sp³-hybridized carbons (Fsp3) is 0.364. The molecule has 84 valence electrons. The van der Waals surface area contributed by atoms with Gasteiger partial charge >= 0.3 is 0 Å². The molecule has 1 aromatic carbocycles. The van der Waals surface area contributed by atoms with Crippen LogP contribution in [0.2, 0.25) is 0 Å². The molecule has 0 saturated carbocycles. The van der Waals surface area contributed by atoms with Gasteiger partial charge in [-0.05, 0) is 24.6 Å². The Morgan fingerprint density at radius 3 is 2.81 bits per heavy atom. The highest BCUT2D eigenvalue weighted by atomic mass is 16.7. The van der Waals surface area contributed by atoms with Gasteiger partial charge in [0.25, 0.3) is 6.02 Å². The van der Waals surface area contributed by atoms with Crippen molar-refractivity contribution in [2.75, 3.05) is 13.4 Å². The molecule has 2 aliphatic rings. The first kappa shape index (κ1) is 9.33. The van der Waals surface area contributed by atoms with Gasteiger partial charge in [-0.1, -0.05) is 6.07 Å². The summed E-state index contributed by atoms with van der Waals surface area (Å²) in [4.78, 5) is 4.29. The number of amidine groups is 1. The highest BCUT2D eigenvalue weighted by molar-refractivity contribution is 5.74. The van der Waals surface area contributed by atoms with Crippen LogP contribution in [0, 0.1) is 0 Å². The van der Waals surface area contributed by atoms with Crippen molar-refractivity contribution in [3.05, 3.63) is 23.8 Å². The van der Waals surface area contributed by atoms with Crippen LogP contribution in [0.3, 0.4) is 0 Å². The van der Waals surface area contributed by atoms with E-state index >= 15 is 0 Å². The fourth-order valence-corrected chi connectivity index (χ4v) is 1.90. The molecule has 0 aromatic heterocycles. The first-order valence-electron chi connectivity index (χ1n) is 5.06. The highest BCUT2D eigenvalue weighted by Crippen LogP contribution is 2.38. The Hall–Kier alpha value is -1.91. The maximum atomic E-state index is 5.53. The summed E-state index contributed by atoms with van der Waals surface area (Å²) in [7, 11) is 0. The van der Waals surface area contributed by atoms with E-state index in [9.17, 15) is 0 Å². The molecule has 0 saturated heterocycles. The van der Waals surface area contributed by atoms with Gasteiger partial charge in [-0.15, -0.1) is 0 Å². The molecule has 5 nitrogen and oxygen atoms in total. The topological polar surface area (TPSA) is 66.1 Å². The Bertz CT molecular complexity index is 472. The summed E-state index contributed by atoms with van der Waals surface area (Å²) < 4.78 is 15.8. The summed E-state index contributed by atoms with van der Waals surface area (Å²) in [5.74, 6) is 1.52. The first-order chi connectivity index (χ1) is 7.67. The zero-order chi connectivity index (χ0) is 11.2. The average Bonchev–Trinajstić information content (AvgIpc) is 2.84. The first-order valence-corrected chi connectivity index (χ1v) is 5.06. The van der Waals surface area contributed by atoms with Crippen LogP contribution in [0.15, 0.2) is 23.2 Å². The predicted molar refractivity (Wildman–Crippen MR) is 57.5 cm³/mol. The molecular weight excluding hydrogens is 208 g/mol. The van der Waals surface area contributed by atoms with Gasteiger partial charge in [0.05, 0.1) is 0 Å². The lowest BCUT2D eigenvalue weighted by Gasteiger charge is -2.18. The minimum atomic E-state index is -0.426. The molecule has 1 atom stereocenters. The number of nitrogens with two attached hydrogens (primary N) is 1. The van der Waals surface area contributed by atoms with E-state index in [1.807, 2.05) is 25.1 Å². The number of hydrogen-bond donors (Lipinski definition) is 1. The van der Waals surface area contributed by atoms with Crippen LogP contribution in [0.5, 0.6) is 11.5 Å². The number of hydrogen-bond acceptors (Lipinski definition) is 5. The molecule has 0 amide bonds. The van der Waals surface area contributed by atoms with Crippen molar-refractivity contribution in [1.29, 1.82) is 0 Å². The number of rotatable bonds is 1. The van der Waals surface area contributed by atoms with E-state index in [1.54, 1.807) is 0 Å². The average molecular weight is 220 g/mol. The van der Waals surface area contributed by atoms with Gasteiger partial charge in [0, 0.05) is 0 Å². The lowest BCUT2D eigenvalue weighted by atomic mass is 9.94. The van der Waals surface area contributed by atoms with E-state index in [0.29, 0.717) is 6.61 Å². The van der Waals surface area contributed by atoms with Crippen molar-refractivity contribution >= 4 is 6.02 Å². The monoisotopic (exact) mass is 220 g/mol. The molecule has 16 heavy (non-hydrogen) atoms. The number of fused-ring (bicyclic) bond motifs is 1. The summed E-state index contributed by atoms with van der Waals surface area (Å²) in [5, 5.41) is 0. The fourth-order valence-electron chi connectivity index (χ4n) is 1.90. The molecule has 2 N–H and O–H groups in total. The normalized spacial score (nSPS) is 26.4. The zero-order valence-corrected chi connectivity index (χ0v) is 8.90. The van der Waals surface area contributed by atoms with Gasteiger partial charge in [-0.2, -0.15) is 0 Å². The van der Waals surface area contributed by atoms with Crippen molar-refractivity contribution in [2.24, 2.45) is 10.7 Å². The summed E-state index contributed by atoms with van der Waals surface area (Å²) in [6.07, 6.45) is 0. The van der Waals surface area contributed by atoms with Crippen LogP contribution in [-0.2, 0) is 10.3 Å². The van der Waals surface area contributed by atoms with E-state index in [2.05, 4.69) is 4.99 Å². The third-order valence-corrected chi connectivity index (χ3v) is 2.85. The number of benzene rings is 1. The van der Waals surface area contributed by atoms with Crippen LogP contribution in [0.25, 0.3) is 0 Å². The van der Waals surface area contributed by atoms with Crippen molar-refractivity contribution in [1.82, 2.24) is 0 Å². The zero-order valence-electron chi connectivity index (χ0n) is 8.90. The van der Waals surface area contributed by atoms with Gasteiger partial charge in [0.2, 0.25) is 6.79 Å². The third-order valence-electron chi connectivity index (χ3n) is 2.85.